The lowest BCUT2D eigenvalue weighted by Gasteiger charge is -2.03. The number of hydrogen-bond acceptors (Lipinski definition) is 1. The van der Waals surface area contributed by atoms with Crippen LogP contribution < -0.4 is 5.32 Å². The maximum absolute atomic E-state index is 11.2. The second kappa shape index (κ2) is 2.66. The summed E-state index contributed by atoms with van der Waals surface area (Å²) in [6.45, 7) is 3.84. The van der Waals surface area contributed by atoms with Gasteiger partial charge in [-0.15, -0.1) is 0 Å². The zero-order valence-corrected chi connectivity index (χ0v) is 7.13. The van der Waals surface area contributed by atoms with Crippen LogP contribution in [0.15, 0.2) is 12.3 Å². The molecule has 0 radical (unpaired) electrons. The molecule has 1 N–H and O–H groups in total. The molecule has 0 bridgehead atoms. The van der Waals surface area contributed by atoms with Crippen molar-refractivity contribution < 1.29 is 4.79 Å². The second-order valence-electron chi connectivity index (χ2n) is 3.05. The van der Waals surface area contributed by atoms with E-state index in [1.54, 1.807) is 0 Å². The molecule has 2 heterocycles. The summed E-state index contributed by atoms with van der Waals surface area (Å²) < 4.78 is 2.15. The fourth-order valence-corrected chi connectivity index (χ4v) is 1.62. The van der Waals surface area contributed by atoms with Crippen molar-refractivity contribution in [3.63, 3.8) is 0 Å². The predicted molar refractivity (Wildman–Crippen MR) is 45.9 cm³/mol. The monoisotopic (exact) mass is 164 g/mol. The van der Waals surface area contributed by atoms with Crippen LogP contribution in [0.1, 0.15) is 29.4 Å². The van der Waals surface area contributed by atoms with E-state index >= 15 is 0 Å². The average Bonchev–Trinajstić information content (AvgIpc) is 2.58. The van der Waals surface area contributed by atoms with Crippen molar-refractivity contribution in [1.82, 2.24) is 9.88 Å². The molecule has 0 unspecified atom stereocenters. The van der Waals surface area contributed by atoms with Gasteiger partial charge in [0.15, 0.2) is 0 Å². The lowest BCUT2D eigenvalue weighted by Crippen LogP contribution is -2.13. The molecular formula is C9H12N2O. The van der Waals surface area contributed by atoms with Crippen LogP contribution in [-0.2, 0) is 13.1 Å². The first-order chi connectivity index (χ1) is 5.83. The highest BCUT2D eigenvalue weighted by atomic mass is 16.1. The lowest BCUT2D eigenvalue weighted by molar-refractivity contribution is 0.0965. The summed E-state index contributed by atoms with van der Waals surface area (Å²) in [5, 5.41) is 2.80. The van der Waals surface area contributed by atoms with Crippen LogP contribution >= 0.6 is 0 Å². The normalized spacial score (nSPS) is 14.6. The minimum atomic E-state index is 0.0693. The highest BCUT2D eigenvalue weighted by Gasteiger charge is 2.21. The standard InChI is InChI=1S/C9H12N2O/c1-2-4-11-5-3-7-8(11)6-10-9(7)12/h3,5H,2,4,6H2,1H3,(H,10,12). The van der Waals surface area contributed by atoms with Gasteiger partial charge in [-0.25, -0.2) is 0 Å². The molecule has 3 nitrogen and oxygen atoms in total. The van der Waals surface area contributed by atoms with Crippen LogP contribution in [0.25, 0.3) is 0 Å². The summed E-state index contributed by atoms with van der Waals surface area (Å²) in [5.74, 6) is 0.0693. The third-order valence-electron chi connectivity index (χ3n) is 2.20. The molecule has 1 aliphatic rings. The number of nitrogens with one attached hydrogen (secondary N) is 1. The van der Waals surface area contributed by atoms with Gasteiger partial charge in [0.2, 0.25) is 0 Å². The molecule has 64 valence electrons. The Morgan fingerprint density at radius 3 is 3.25 bits per heavy atom. The first kappa shape index (κ1) is 7.40. The highest BCUT2D eigenvalue weighted by molar-refractivity contribution is 5.97. The van der Waals surface area contributed by atoms with Crippen LogP contribution in [0.5, 0.6) is 0 Å². The summed E-state index contributed by atoms with van der Waals surface area (Å²) in [4.78, 5) is 11.2. The van der Waals surface area contributed by atoms with Crippen molar-refractivity contribution in [2.45, 2.75) is 26.4 Å². The molecule has 1 aliphatic heterocycles. The first-order valence-corrected chi connectivity index (χ1v) is 4.29. The Labute approximate surface area is 71.4 Å². The van der Waals surface area contributed by atoms with Crippen molar-refractivity contribution in [1.29, 1.82) is 0 Å². The molecule has 0 aliphatic carbocycles. The van der Waals surface area contributed by atoms with Gasteiger partial charge in [0.25, 0.3) is 5.91 Å². The third kappa shape index (κ3) is 0.932. The quantitative estimate of drug-likeness (QED) is 0.698. The third-order valence-corrected chi connectivity index (χ3v) is 2.20. The molecule has 3 heteroatoms. The van der Waals surface area contributed by atoms with Gasteiger partial charge in [0.05, 0.1) is 12.1 Å². The second-order valence-corrected chi connectivity index (χ2v) is 3.05. The van der Waals surface area contributed by atoms with Crippen LogP contribution in [0.2, 0.25) is 0 Å². The molecule has 2 rings (SSSR count). The Bertz CT molecular complexity index is 314. The number of nitrogens with zero attached hydrogens (tertiary/aromatic N) is 1. The zero-order chi connectivity index (χ0) is 8.55. The maximum Gasteiger partial charge on any atom is 0.253 e. The number of rotatable bonds is 2. The van der Waals surface area contributed by atoms with E-state index in [-0.39, 0.29) is 5.91 Å². The summed E-state index contributed by atoms with van der Waals surface area (Å²) in [6, 6.07) is 1.90. The van der Waals surface area contributed by atoms with Gasteiger partial charge in [-0.2, -0.15) is 0 Å². The minimum Gasteiger partial charge on any atom is -0.349 e. The van der Waals surface area contributed by atoms with E-state index in [0.717, 1.165) is 24.2 Å². The van der Waals surface area contributed by atoms with Crippen LogP contribution in [0, 0.1) is 0 Å². The van der Waals surface area contributed by atoms with Gasteiger partial charge in [-0.05, 0) is 12.5 Å². The van der Waals surface area contributed by atoms with Gasteiger partial charge in [0.1, 0.15) is 0 Å². The molecular weight excluding hydrogens is 152 g/mol. The minimum absolute atomic E-state index is 0.0693. The largest absolute Gasteiger partial charge is 0.349 e. The van der Waals surface area contributed by atoms with Crippen molar-refractivity contribution in [2.75, 3.05) is 0 Å². The van der Waals surface area contributed by atoms with E-state index in [0.29, 0.717) is 6.54 Å². The number of carbonyl (C=O) groups is 1. The molecule has 0 spiro atoms. The van der Waals surface area contributed by atoms with E-state index in [1.807, 2.05) is 12.3 Å². The lowest BCUT2D eigenvalue weighted by atomic mass is 10.3. The first-order valence-electron chi connectivity index (χ1n) is 4.29. The molecule has 0 saturated carbocycles. The molecule has 0 fully saturated rings. The molecule has 1 aromatic rings. The van der Waals surface area contributed by atoms with E-state index in [1.165, 1.54) is 0 Å². The summed E-state index contributed by atoms with van der Waals surface area (Å²) in [6.07, 6.45) is 3.10. The smallest absolute Gasteiger partial charge is 0.253 e. The summed E-state index contributed by atoms with van der Waals surface area (Å²) >= 11 is 0. The number of hydrogen-bond donors (Lipinski definition) is 1. The van der Waals surface area contributed by atoms with Gasteiger partial charge in [-0.1, -0.05) is 6.92 Å². The molecule has 0 aromatic carbocycles. The Hall–Kier alpha value is -1.25. The Kier molecular flexibility index (Phi) is 1.64. The van der Waals surface area contributed by atoms with Crippen molar-refractivity contribution in [3.05, 3.63) is 23.5 Å². The Morgan fingerprint density at radius 2 is 2.50 bits per heavy atom. The van der Waals surface area contributed by atoms with Crippen LogP contribution in [0.3, 0.4) is 0 Å². The molecule has 0 atom stereocenters. The zero-order valence-electron chi connectivity index (χ0n) is 7.13. The Morgan fingerprint density at radius 1 is 1.67 bits per heavy atom. The van der Waals surface area contributed by atoms with E-state index in [2.05, 4.69) is 16.8 Å². The topological polar surface area (TPSA) is 34.0 Å². The summed E-state index contributed by atoms with van der Waals surface area (Å²) in [7, 11) is 0. The van der Waals surface area contributed by atoms with E-state index in [9.17, 15) is 4.79 Å². The van der Waals surface area contributed by atoms with Crippen LogP contribution in [-0.4, -0.2) is 10.5 Å². The van der Waals surface area contributed by atoms with E-state index < -0.39 is 0 Å². The van der Waals surface area contributed by atoms with Crippen molar-refractivity contribution >= 4 is 5.91 Å². The number of fused-ring (bicyclic) bond motifs is 1. The molecule has 12 heavy (non-hydrogen) atoms. The van der Waals surface area contributed by atoms with Crippen molar-refractivity contribution in [3.8, 4) is 0 Å². The number of aryl methyl sites for hydroxylation is 1. The number of amides is 1. The molecule has 0 saturated heterocycles. The highest BCUT2D eigenvalue weighted by Crippen LogP contribution is 2.16. The number of aromatic nitrogens is 1. The maximum atomic E-state index is 11.2. The van der Waals surface area contributed by atoms with Gasteiger partial charge in [0, 0.05) is 18.4 Å². The van der Waals surface area contributed by atoms with Crippen LogP contribution in [0.4, 0.5) is 0 Å². The summed E-state index contributed by atoms with van der Waals surface area (Å²) in [5.41, 5.74) is 1.99. The molecule has 1 amide bonds. The SMILES string of the molecule is CCCn1ccc2c1CNC2=O. The van der Waals surface area contributed by atoms with Gasteiger partial charge in [-0.3, -0.25) is 4.79 Å². The Balaban J connectivity index is 2.36. The average molecular weight is 164 g/mol. The fraction of sp³-hybridized carbons (Fsp3) is 0.444. The molecule has 1 aromatic heterocycles. The van der Waals surface area contributed by atoms with Crippen molar-refractivity contribution in [2.24, 2.45) is 0 Å². The van der Waals surface area contributed by atoms with Gasteiger partial charge >= 0.3 is 0 Å². The number of carbonyl (C=O) groups excluding carboxylic acids is 1. The predicted octanol–water partition coefficient (Wildman–Crippen LogP) is 1.14. The fourth-order valence-electron chi connectivity index (χ4n) is 1.62. The van der Waals surface area contributed by atoms with Gasteiger partial charge < -0.3 is 9.88 Å². The van der Waals surface area contributed by atoms with E-state index in [4.69, 9.17) is 0 Å².